The molecule has 27 heavy (non-hydrogen) atoms. The molecule has 0 N–H and O–H groups in total. The number of hydrogen-bond donors (Lipinski definition) is 0. The first-order valence-electron chi connectivity index (χ1n) is 9.84. The third-order valence-electron chi connectivity index (χ3n) is 5.36. The van der Waals surface area contributed by atoms with E-state index in [0.717, 1.165) is 21.9 Å². The zero-order valence-electron chi connectivity index (χ0n) is 17.6. The van der Waals surface area contributed by atoms with Gasteiger partial charge in [0.05, 0.1) is 12.8 Å². The maximum atomic E-state index is 12.7. The lowest BCUT2D eigenvalue weighted by molar-refractivity contribution is -0.146. The zero-order chi connectivity index (χ0) is 20.4. The van der Waals surface area contributed by atoms with Gasteiger partial charge in [0.25, 0.3) is 5.56 Å². The predicted molar refractivity (Wildman–Crippen MR) is 112 cm³/mol. The van der Waals surface area contributed by atoms with E-state index in [1.54, 1.807) is 0 Å². The quantitative estimate of drug-likeness (QED) is 0.672. The SMILES string of the molecule is CCC(C)CC.COC(=O)C1(n2nc(C(C)C)c3cc(C)sc3c2=O)CC1. The molecule has 0 bridgehead atoms. The lowest BCUT2D eigenvalue weighted by atomic mass is 10.1. The van der Waals surface area contributed by atoms with Crippen molar-refractivity contribution in [3.8, 4) is 0 Å². The molecule has 0 amide bonds. The molecule has 1 fully saturated rings. The van der Waals surface area contributed by atoms with Crippen LogP contribution in [0.1, 0.15) is 76.8 Å². The van der Waals surface area contributed by atoms with Crippen LogP contribution in [0.4, 0.5) is 0 Å². The number of ether oxygens (including phenoxy) is 1. The van der Waals surface area contributed by atoms with Gasteiger partial charge in [-0.25, -0.2) is 9.48 Å². The lowest BCUT2D eigenvalue weighted by Gasteiger charge is -2.17. The van der Waals surface area contributed by atoms with Crippen molar-refractivity contribution >= 4 is 27.4 Å². The molecule has 2 aromatic rings. The number of carbonyl (C=O) groups excluding carboxylic acids is 1. The van der Waals surface area contributed by atoms with Crippen LogP contribution in [0.2, 0.25) is 0 Å². The molecule has 1 saturated carbocycles. The Hall–Kier alpha value is -1.69. The molecule has 0 spiro atoms. The maximum Gasteiger partial charge on any atom is 0.333 e. The number of fused-ring (bicyclic) bond motifs is 1. The molecule has 3 rings (SSSR count). The smallest absolute Gasteiger partial charge is 0.333 e. The van der Waals surface area contributed by atoms with Gasteiger partial charge >= 0.3 is 5.97 Å². The Kier molecular flexibility index (Phi) is 6.84. The first-order valence-corrected chi connectivity index (χ1v) is 10.7. The van der Waals surface area contributed by atoms with E-state index >= 15 is 0 Å². The van der Waals surface area contributed by atoms with Crippen LogP contribution in [-0.4, -0.2) is 22.9 Å². The second-order valence-corrected chi connectivity index (χ2v) is 9.06. The topological polar surface area (TPSA) is 61.2 Å². The molecule has 0 saturated heterocycles. The van der Waals surface area contributed by atoms with Crippen LogP contribution < -0.4 is 5.56 Å². The minimum absolute atomic E-state index is 0.182. The average molecular weight is 393 g/mol. The molecule has 2 aromatic heterocycles. The summed E-state index contributed by atoms with van der Waals surface area (Å²) in [6.45, 7) is 12.8. The van der Waals surface area contributed by atoms with E-state index < -0.39 is 5.54 Å². The van der Waals surface area contributed by atoms with Gasteiger partial charge in [0.2, 0.25) is 0 Å². The predicted octanol–water partition coefficient (Wildman–Crippen LogP) is 4.99. The van der Waals surface area contributed by atoms with Crippen LogP contribution in [-0.2, 0) is 15.1 Å². The molecule has 0 unspecified atom stereocenters. The highest BCUT2D eigenvalue weighted by atomic mass is 32.1. The highest BCUT2D eigenvalue weighted by molar-refractivity contribution is 7.18. The number of esters is 1. The molecular weight excluding hydrogens is 360 g/mol. The van der Waals surface area contributed by atoms with Gasteiger partial charge in [-0.05, 0) is 37.7 Å². The minimum atomic E-state index is -0.887. The van der Waals surface area contributed by atoms with E-state index in [2.05, 4.69) is 25.9 Å². The van der Waals surface area contributed by atoms with Gasteiger partial charge in [-0.3, -0.25) is 4.79 Å². The van der Waals surface area contributed by atoms with Crippen LogP contribution >= 0.6 is 11.3 Å². The van der Waals surface area contributed by atoms with Crippen LogP contribution in [0.5, 0.6) is 0 Å². The standard InChI is InChI=1S/C15H18N2O3S.C6H14/c1-8(2)11-10-7-9(3)21-12(10)13(18)17(16-11)15(5-6-15)14(19)20-4;1-4-6(3)5-2/h7-8H,5-6H2,1-4H3;6H,4-5H2,1-3H3. The van der Waals surface area contributed by atoms with Crippen molar-refractivity contribution in [2.75, 3.05) is 7.11 Å². The maximum absolute atomic E-state index is 12.7. The normalized spacial score (nSPS) is 15.0. The summed E-state index contributed by atoms with van der Waals surface area (Å²) in [7, 11) is 1.35. The number of thiophene rings is 1. The number of rotatable bonds is 5. The summed E-state index contributed by atoms with van der Waals surface area (Å²) < 4.78 is 6.92. The second-order valence-electron chi connectivity index (χ2n) is 7.80. The molecule has 6 heteroatoms. The third-order valence-corrected chi connectivity index (χ3v) is 6.40. The number of nitrogens with zero attached hydrogens (tertiary/aromatic N) is 2. The van der Waals surface area contributed by atoms with Crippen molar-refractivity contribution in [3.05, 3.63) is 27.0 Å². The van der Waals surface area contributed by atoms with Crippen LogP contribution in [0.15, 0.2) is 10.9 Å². The average Bonchev–Trinajstić information content (AvgIpc) is 3.36. The fraction of sp³-hybridized carbons (Fsp3) is 0.667. The van der Waals surface area contributed by atoms with Gasteiger partial charge < -0.3 is 4.74 Å². The van der Waals surface area contributed by atoms with E-state index in [9.17, 15) is 9.59 Å². The summed E-state index contributed by atoms with van der Waals surface area (Å²) in [4.78, 5) is 25.9. The van der Waals surface area contributed by atoms with Gasteiger partial charge in [-0.15, -0.1) is 11.3 Å². The first kappa shape index (κ1) is 21.6. The minimum Gasteiger partial charge on any atom is -0.467 e. The Morgan fingerprint density at radius 1 is 1.30 bits per heavy atom. The molecule has 0 aliphatic heterocycles. The van der Waals surface area contributed by atoms with E-state index in [1.165, 1.54) is 36.0 Å². The molecule has 0 atom stereocenters. The number of carbonyl (C=O) groups is 1. The van der Waals surface area contributed by atoms with Crippen molar-refractivity contribution in [1.29, 1.82) is 0 Å². The molecule has 1 aliphatic carbocycles. The highest BCUT2D eigenvalue weighted by Gasteiger charge is 2.55. The second kappa shape index (κ2) is 8.55. The molecule has 5 nitrogen and oxygen atoms in total. The number of aryl methyl sites for hydroxylation is 1. The summed E-state index contributed by atoms with van der Waals surface area (Å²) in [5.41, 5.74) is -0.207. The van der Waals surface area contributed by atoms with Crippen LogP contribution in [0, 0.1) is 12.8 Å². The van der Waals surface area contributed by atoms with Gasteiger partial charge in [-0.1, -0.05) is 47.5 Å². The van der Waals surface area contributed by atoms with Crippen LogP contribution in [0.25, 0.3) is 10.1 Å². The monoisotopic (exact) mass is 392 g/mol. The highest BCUT2D eigenvalue weighted by Crippen LogP contribution is 2.44. The molecule has 0 radical (unpaired) electrons. The molecule has 2 heterocycles. The van der Waals surface area contributed by atoms with Crippen molar-refractivity contribution in [1.82, 2.24) is 9.78 Å². The number of aromatic nitrogens is 2. The summed E-state index contributed by atoms with van der Waals surface area (Å²) >= 11 is 1.46. The third kappa shape index (κ3) is 4.26. The van der Waals surface area contributed by atoms with Crippen molar-refractivity contribution < 1.29 is 9.53 Å². The van der Waals surface area contributed by atoms with E-state index in [1.807, 2.05) is 26.8 Å². The number of methoxy groups -OCH3 is 1. The van der Waals surface area contributed by atoms with Gasteiger partial charge in [-0.2, -0.15) is 5.10 Å². The van der Waals surface area contributed by atoms with E-state index in [-0.39, 0.29) is 17.4 Å². The Morgan fingerprint density at radius 3 is 2.30 bits per heavy atom. The summed E-state index contributed by atoms with van der Waals surface area (Å²) in [5, 5.41) is 5.44. The summed E-state index contributed by atoms with van der Waals surface area (Å²) in [5.74, 6) is 0.742. The Balaban J connectivity index is 0.000000380. The summed E-state index contributed by atoms with van der Waals surface area (Å²) in [6.07, 6.45) is 3.88. The Bertz CT molecular complexity index is 858. The first-order chi connectivity index (χ1) is 12.7. The zero-order valence-corrected chi connectivity index (χ0v) is 18.4. The van der Waals surface area contributed by atoms with Crippen LogP contribution in [0.3, 0.4) is 0 Å². The Morgan fingerprint density at radius 2 is 1.89 bits per heavy atom. The van der Waals surface area contributed by atoms with Gasteiger partial charge in [0.15, 0.2) is 5.54 Å². The fourth-order valence-electron chi connectivity index (χ4n) is 2.98. The van der Waals surface area contributed by atoms with E-state index in [0.29, 0.717) is 17.5 Å². The van der Waals surface area contributed by atoms with Crippen molar-refractivity contribution in [3.63, 3.8) is 0 Å². The molecule has 1 aliphatic rings. The molecular formula is C21H32N2O3S. The molecule has 0 aromatic carbocycles. The molecule has 150 valence electrons. The Labute approximate surface area is 165 Å². The van der Waals surface area contributed by atoms with Gasteiger partial charge in [0, 0.05) is 10.3 Å². The fourth-order valence-corrected chi connectivity index (χ4v) is 3.93. The lowest BCUT2D eigenvalue weighted by Crippen LogP contribution is -2.39. The van der Waals surface area contributed by atoms with E-state index in [4.69, 9.17) is 4.74 Å². The van der Waals surface area contributed by atoms with Crippen molar-refractivity contribution in [2.45, 2.75) is 78.7 Å². The summed E-state index contributed by atoms with van der Waals surface area (Å²) in [6, 6.07) is 2.01. The number of hydrogen-bond acceptors (Lipinski definition) is 5. The van der Waals surface area contributed by atoms with Crippen molar-refractivity contribution in [2.24, 2.45) is 5.92 Å². The largest absolute Gasteiger partial charge is 0.467 e. The van der Waals surface area contributed by atoms with Gasteiger partial charge in [0.1, 0.15) is 4.70 Å².